The standard InChI is InChI=1S/C22H19NO4/c1-26-20-12-11-16(14-24)13-17(20)15-27-21-10-6-5-9-19(21)22(25)23-18-7-3-2-4-8-18/h2-14H,15H2,1H3,(H,23,25). The van der Waals surface area contributed by atoms with Gasteiger partial charge in [-0.25, -0.2) is 0 Å². The highest BCUT2D eigenvalue weighted by molar-refractivity contribution is 6.06. The third-order valence-corrected chi connectivity index (χ3v) is 3.99. The molecule has 27 heavy (non-hydrogen) atoms. The van der Waals surface area contributed by atoms with Gasteiger partial charge < -0.3 is 14.8 Å². The van der Waals surface area contributed by atoms with Crippen LogP contribution in [0.3, 0.4) is 0 Å². The van der Waals surface area contributed by atoms with Crippen LogP contribution in [0.15, 0.2) is 72.8 Å². The zero-order chi connectivity index (χ0) is 19.1. The van der Waals surface area contributed by atoms with E-state index in [9.17, 15) is 9.59 Å². The molecule has 0 fully saturated rings. The smallest absolute Gasteiger partial charge is 0.259 e. The lowest BCUT2D eigenvalue weighted by Gasteiger charge is -2.14. The first-order valence-corrected chi connectivity index (χ1v) is 8.41. The number of amides is 1. The third-order valence-electron chi connectivity index (χ3n) is 3.99. The summed E-state index contributed by atoms with van der Waals surface area (Å²) >= 11 is 0. The molecule has 136 valence electrons. The second-order valence-electron chi connectivity index (χ2n) is 5.79. The number of benzene rings is 3. The number of methoxy groups -OCH3 is 1. The normalized spacial score (nSPS) is 10.1. The summed E-state index contributed by atoms with van der Waals surface area (Å²) in [7, 11) is 1.56. The van der Waals surface area contributed by atoms with E-state index in [-0.39, 0.29) is 12.5 Å². The van der Waals surface area contributed by atoms with Gasteiger partial charge in [0.15, 0.2) is 0 Å². The van der Waals surface area contributed by atoms with Crippen molar-refractivity contribution in [1.29, 1.82) is 0 Å². The third kappa shape index (κ3) is 4.52. The molecular formula is C22H19NO4. The zero-order valence-electron chi connectivity index (χ0n) is 14.8. The molecule has 0 unspecified atom stereocenters. The van der Waals surface area contributed by atoms with Crippen molar-refractivity contribution in [3.63, 3.8) is 0 Å². The van der Waals surface area contributed by atoms with Crippen molar-refractivity contribution >= 4 is 17.9 Å². The molecule has 5 heteroatoms. The van der Waals surface area contributed by atoms with Crippen LogP contribution < -0.4 is 14.8 Å². The van der Waals surface area contributed by atoms with Crippen molar-refractivity contribution in [3.05, 3.63) is 89.5 Å². The van der Waals surface area contributed by atoms with E-state index in [2.05, 4.69) is 5.32 Å². The first kappa shape index (κ1) is 18.2. The average molecular weight is 361 g/mol. The largest absolute Gasteiger partial charge is 0.496 e. The van der Waals surface area contributed by atoms with Gasteiger partial charge in [0.2, 0.25) is 0 Å². The minimum atomic E-state index is -0.259. The minimum absolute atomic E-state index is 0.167. The topological polar surface area (TPSA) is 64.6 Å². The summed E-state index contributed by atoms with van der Waals surface area (Å²) < 4.78 is 11.2. The van der Waals surface area contributed by atoms with Gasteiger partial charge in [-0.05, 0) is 42.5 Å². The number of carbonyl (C=O) groups is 2. The summed E-state index contributed by atoms with van der Waals surface area (Å²) in [6.45, 7) is 0.167. The second kappa shape index (κ2) is 8.67. The maximum absolute atomic E-state index is 12.6. The first-order chi connectivity index (χ1) is 13.2. The molecule has 0 atom stereocenters. The summed E-state index contributed by atoms with van der Waals surface area (Å²) in [5.41, 5.74) is 2.38. The Hall–Kier alpha value is -3.60. The summed E-state index contributed by atoms with van der Waals surface area (Å²) in [6.07, 6.45) is 0.768. The SMILES string of the molecule is COc1ccc(C=O)cc1COc1ccccc1C(=O)Nc1ccccc1. The predicted octanol–water partition coefficient (Wildman–Crippen LogP) is 4.34. The number of para-hydroxylation sites is 2. The van der Waals surface area contributed by atoms with Gasteiger partial charge in [-0.1, -0.05) is 30.3 Å². The van der Waals surface area contributed by atoms with Crippen molar-refractivity contribution in [1.82, 2.24) is 0 Å². The minimum Gasteiger partial charge on any atom is -0.496 e. The highest BCUT2D eigenvalue weighted by Crippen LogP contribution is 2.24. The molecule has 0 aliphatic carbocycles. The monoisotopic (exact) mass is 361 g/mol. The quantitative estimate of drug-likeness (QED) is 0.636. The number of carbonyl (C=O) groups excluding carboxylic acids is 2. The molecule has 5 nitrogen and oxygen atoms in total. The van der Waals surface area contributed by atoms with Crippen LogP contribution in [0, 0.1) is 0 Å². The van der Waals surface area contributed by atoms with Gasteiger partial charge in [-0.15, -0.1) is 0 Å². The van der Waals surface area contributed by atoms with E-state index in [4.69, 9.17) is 9.47 Å². The van der Waals surface area contributed by atoms with Crippen LogP contribution >= 0.6 is 0 Å². The van der Waals surface area contributed by atoms with Gasteiger partial charge in [-0.2, -0.15) is 0 Å². The lowest BCUT2D eigenvalue weighted by molar-refractivity contribution is 0.102. The Balaban J connectivity index is 1.79. The van der Waals surface area contributed by atoms with E-state index in [0.29, 0.717) is 28.3 Å². The van der Waals surface area contributed by atoms with Gasteiger partial charge >= 0.3 is 0 Å². The Labute approximate surface area is 157 Å². The van der Waals surface area contributed by atoms with E-state index in [1.165, 1.54) is 0 Å². The summed E-state index contributed by atoms with van der Waals surface area (Å²) in [6, 6.07) is 21.3. The molecule has 1 N–H and O–H groups in total. The number of hydrogen-bond donors (Lipinski definition) is 1. The predicted molar refractivity (Wildman–Crippen MR) is 104 cm³/mol. The van der Waals surface area contributed by atoms with Gasteiger partial charge in [0, 0.05) is 16.8 Å². The molecule has 0 heterocycles. The fourth-order valence-electron chi connectivity index (χ4n) is 2.64. The lowest BCUT2D eigenvalue weighted by Crippen LogP contribution is -2.13. The molecule has 0 aromatic heterocycles. The van der Waals surface area contributed by atoms with Gasteiger partial charge in [0.05, 0.1) is 12.7 Å². The molecule has 1 amide bonds. The van der Waals surface area contributed by atoms with Crippen LogP contribution in [0.2, 0.25) is 0 Å². The van der Waals surface area contributed by atoms with Crippen molar-refractivity contribution in [2.24, 2.45) is 0 Å². The Morgan fingerprint density at radius 2 is 1.70 bits per heavy atom. The fourth-order valence-corrected chi connectivity index (χ4v) is 2.64. The molecular weight excluding hydrogens is 342 g/mol. The van der Waals surface area contributed by atoms with E-state index >= 15 is 0 Å². The molecule has 3 aromatic rings. The lowest BCUT2D eigenvalue weighted by atomic mass is 10.1. The zero-order valence-corrected chi connectivity index (χ0v) is 14.8. The van der Waals surface area contributed by atoms with Crippen LogP contribution in [0.25, 0.3) is 0 Å². The first-order valence-electron chi connectivity index (χ1n) is 8.41. The summed E-state index contributed by atoms with van der Waals surface area (Å²) in [5.74, 6) is 0.807. The summed E-state index contributed by atoms with van der Waals surface area (Å²) in [5, 5.41) is 2.85. The van der Waals surface area contributed by atoms with Gasteiger partial charge in [0.25, 0.3) is 5.91 Å². The molecule has 0 saturated heterocycles. The number of aldehydes is 1. The molecule has 0 aliphatic rings. The Bertz CT molecular complexity index is 938. The van der Waals surface area contributed by atoms with Crippen molar-refractivity contribution in [2.75, 3.05) is 12.4 Å². The van der Waals surface area contributed by atoms with E-state index in [1.54, 1.807) is 49.6 Å². The van der Waals surface area contributed by atoms with Crippen LogP contribution in [0.4, 0.5) is 5.69 Å². The molecule has 3 aromatic carbocycles. The fraction of sp³-hybridized carbons (Fsp3) is 0.0909. The number of anilines is 1. The number of nitrogens with one attached hydrogen (secondary N) is 1. The highest BCUT2D eigenvalue weighted by Gasteiger charge is 2.13. The van der Waals surface area contributed by atoms with Crippen molar-refractivity contribution in [3.8, 4) is 11.5 Å². The molecule has 3 rings (SSSR count). The number of hydrogen-bond acceptors (Lipinski definition) is 4. The molecule has 0 saturated carbocycles. The summed E-state index contributed by atoms with van der Waals surface area (Å²) in [4.78, 5) is 23.6. The van der Waals surface area contributed by atoms with E-state index < -0.39 is 0 Å². The van der Waals surface area contributed by atoms with Crippen LogP contribution in [0.5, 0.6) is 11.5 Å². The van der Waals surface area contributed by atoms with Crippen LogP contribution in [-0.4, -0.2) is 19.3 Å². The highest BCUT2D eigenvalue weighted by atomic mass is 16.5. The molecule has 0 bridgehead atoms. The average Bonchev–Trinajstić information content (AvgIpc) is 2.73. The van der Waals surface area contributed by atoms with Gasteiger partial charge in [0.1, 0.15) is 24.4 Å². The van der Waals surface area contributed by atoms with Crippen molar-refractivity contribution in [2.45, 2.75) is 6.61 Å². The van der Waals surface area contributed by atoms with Crippen LogP contribution in [-0.2, 0) is 6.61 Å². The maximum Gasteiger partial charge on any atom is 0.259 e. The van der Waals surface area contributed by atoms with E-state index in [1.807, 2.05) is 30.3 Å². The Kier molecular flexibility index (Phi) is 5.84. The van der Waals surface area contributed by atoms with Crippen LogP contribution in [0.1, 0.15) is 26.3 Å². The second-order valence-corrected chi connectivity index (χ2v) is 5.79. The van der Waals surface area contributed by atoms with Crippen molar-refractivity contribution < 1.29 is 19.1 Å². The molecule has 0 radical (unpaired) electrons. The van der Waals surface area contributed by atoms with Gasteiger partial charge in [-0.3, -0.25) is 9.59 Å². The number of ether oxygens (including phenoxy) is 2. The Morgan fingerprint density at radius 3 is 2.44 bits per heavy atom. The van der Waals surface area contributed by atoms with E-state index in [0.717, 1.165) is 11.8 Å². The Morgan fingerprint density at radius 1 is 0.963 bits per heavy atom. The molecule has 0 spiro atoms. The molecule has 0 aliphatic heterocycles. The number of rotatable bonds is 7. The maximum atomic E-state index is 12.6.